The summed E-state index contributed by atoms with van der Waals surface area (Å²) < 4.78 is 5.73. The summed E-state index contributed by atoms with van der Waals surface area (Å²) in [6, 6.07) is 16.3. The highest BCUT2D eigenvalue weighted by molar-refractivity contribution is 8.15. The maximum Gasteiger partial charge on any atom is 0.247 e. The van der Waals surface area contributed by atoms with Gasteiger partial charge in [0.25, 0.3) is 0 Å². The van der Waals surface area contributed by atoms with Crippen molar-refractivity contribution in [2.45, 2.75) is 44.3 Å². The van der Waals surface area contributed by atoms with E-state index in [1.54, 1.807) is 24.3 Å². The van der Waals surface area contributed by atoms with Crippen molar-refractivity contribution >= 4 is 40.1 Å². The topological polar surface area (TPSA) is 85.0 Å². The summed E-state index contributed by atoms with van der Waals surface area (Å²) in [6.45, 7) is 2.84. The van der Waals surface area contributed by atoms with Gasteiger partial charge in [0.05, 0.1) is 18.0 Å². The summed E-state index contributed by atoms with van der Waals surface area (Å²) in [6.07, 6.45) is 4.67. The molecule has 1 aliphatic rings. The molecule has 2 N–H and O–H groups in total. The summed E-state index contributed by atoms with van der Waals surface area (Å²) in [5.74, 6) is 0.224. The maximum absolute atomic E-state index is 12.8. The lowest BCUT2D eigenvalue weighted by Crippen LogP contribution is -2.31. The Bertz CT molecular complexity index is 884. The molecule has 2 amide bonds. The van der Waals surface area contributed by atoms with Crippen LogP contribution >= 0.6 is 11.8 Å². The van der Waals surface area contributed by atoms with Gasteiger partial charge in [-0.1, -0.05) is 56.1 Å². The van der Waals surface area contributed by atoms with Crippen LogP contribution in [0.2, 0.25) is 0 Å². The highest BCUT2D eigenvalue weighted by Crippen LogP contribution is 2.31. The molecule has 1 heterocycles. The number of thioether (sulfide) groups is 1. The van der Waals surface area contributed by atoms with Crippen LogP contribution in [0.3, 0.4) is 0 Å². The number of carbonyl (C=O) groups excluding carboxylic acids is 2. The summed E-state index contributed by atoms with van der Waals surface area (Å²) in [5.41, 5.74) is 7.24. The van der Waals surface area contributed by atoms with Crippen LogP contribution in [0.5, 0.6) is 5.75 Å². The first-order valence-corrected chi connectivity index (χ1v) is 11.1. The number of amides is 2. The fourth-order valence-electron chi connectivity index (χ4n) is 3.18. The van der Waals surface area contributed by atoms with E-state index in [1.807, 2.05) is 30.3 Å². The molecule has 0 saturated carbocycles. The lowest BCUT2D eigenvalue weighted by molar-refractivity contribution is -0.121. The second-order valence-corrected chi connectivity index (χ2v) is 8.29. The molecule has 0 spiro atoms. The van der Waals surface area contributed by atoms with Crippen LogP contribution in [0.4, 0.5) is 11.4 Å². The molecule has 158 valence electrons. The van der Waals surface area contributed by atoms with E-state index in [0.29, 0.717) is 18.0 Å². The predicted octanol–water partition coefficient (Wildman–Crippen LogP) is 4.66. The average Bonchev–Trinajstić information content (AvgIpc) is 3.02. The van der Waals surface area contributed by atoms with Gasteiger partial charge in [0.2, 0.25) is 11.8 Å². The number of benzene rings is 2. The monoisotopic (exact) mass is 425 g/mol. The van der Waals surface area contributed by atoms with Crippen molar-refractivity contribution in [2.75, 3.05) is 11.5 Å². The zero-order chi connectivity index (χ0) is 21.3. The fraction of sp³-hybridized carbons (Fsp3) is 0.348. The van der Waals surface area contributed by atoms with Crippen LogP contribution in [-0.4, -0.2) is 28.8 Å². The molecular formula is C23H27N3O3S. The van der Waals surface area contributed by atoms with E-state index in [9.17, 15) is 9.59 Å². The maximum atomic E-state index is 12.8. The Labute approximate surface area is 181 Å². The number of imide groups is 1. The molecule has 2 aromatic carbocycles. The van der Waals surface area contributed by atoms with Crippen molar-refractivity contribution < 1.29 is 14.3 Å². The Balaban J connectivity index is 1.58. The molecule has 1 atom stereocenters. The molecule has 1 saturated heterocycles. The number of hydrogen-bond acceptors (Lipinski definition) is 5. The fourth-order valence-corrected chi connectivity index (χ4v) is 4.06. The van der Waals surface area contributed by atoms with E-state index >= 15 is 0 Å². The van der Waals surface area contributed by atoms with Crippen LogP contribution in [0, 0.1) is 0 Å². The van der Waals surface area contributed by atoms with Gasteiger partial charge in [-0.2, -0.15) is 0 Å². The average molecular weight is 426 g/mol. The SMILES string of the molecule is CCCCCCOc1ccc(N2C(=O)CC(SC(N)=Nc3ccccc3)C2=O)cc1. The van der Waals surface area contributed by atoms with Gasteiger partial charge in [-0.05, 0) is 42.8 Å². The number of anilines is 1. The van der Waals surface area contributed by atoms with Crippen LogP contribution in [0.15, 0.2) is 59.6 Å². The van der Waals surface area contributed by atoms with Gasteiger partial charge in [0.1, 0.15) is 11.0 Å². The number of hydrogen-bond donors (Lipinski definition) is 1. The van der Waals surface area contributed by atoms with Crippen molar-refractivity contribution in [2.24, 2.45) is 10.7 Å². The van der Waals surface area contributed by atoms with Crippen LogP contribution in [0.1, 0.15) is 39.0 Å². The van der Waals surface area contributed by atoms with Gasteiger partial charge in [0, 0.05) is 6.42 Å². The Morgan fingerprint density at radius 1 is 1.10 bits per heavy atom. The Kier molecular flexibility index (Phi) is 7.90. The van der Waals surface area contributed by atoms with E-state index in [0.717, 1.165) is 30.4 Å². The number of nitrogens with zero attached hydrogens (tertiary/aromatic N) is 2. The molecule has 7 heteroatoms. The molecular weight excluding hydrogens is 398 g/mol. The van der Waals surface area contributed by atoms with Crippen molar-refractivity contribution in [1.29, 1.82) is 0 Å². The van der Waals surface area contributed by atoms with Gasteiger partial charge in [0.15, 0.2) is 5.17 Å². The van der Waals surface area contributed by atoms with Crippen molar-refractivity contribution in [1.82, 2.24) is 0 Å². The Morgan fingerprint density at radius 3 is 2.53 bits per heavy atom. The first-order chi connectivity index (χ1) is 14.6. The summed E-state index contributed by atoms with van der Waals surface area (Å²) in [7, 11) is 0. The van der Waals surface area contributed by atoms with Gasteiger partial charge in [-0.3, -0.25) is 9.59 Å². The number of amidine groups is 1. The molecule has 1 aliphatic heterocycles. The molecule has 2 aromatic rings. The highest BCUT2D eigenvalue weighted by Gasteiger charge is 2.40. The molecule has 6 nitrogen and oxygen atoms in total. The minimum atomic E-state index is -0.570. The number of carbonyl (C=O) groups is 2. The molecule has 1 unspecified atom stereocenters. The van der Waals surface area contributed by atoms with Crippen LogP contribution < -0.4 is 15.4 Å². The summed E-state index contributed by atoms with van der Waals surface area (Å²) >= 11 is 1.12. The van der Waals surface area contributed by atoms with Crippen LogP contribution in [-0.2, 0) is 9.59 Å². The first-order valence-electron chi connectivity index (χ1n) is 10.2. The molecule has 3 rings (SSSR count). The van der Waals surface area contributed by atoms with Crippen molar-refractivity contribution in [3.63, 3.8) is 0 Å². The normalized spacial score (nSPS) is 16.9. The number of para-hydroxylation sites is 1. The molecule has 0 bridgehead atoms. The zero-order valence-corrected chi connectivity index (χ0v) is 17.9. The summed E-state index contributed by atoms with van der Waals surface area (Å²) in [5, 5.41) is -0.305. The number of nitrogens with two attached hydrogens (primary N) is 1. The van der Waals surface area contributed by atoms with E-state index in [4.69, 9.17) is 10.5 Å². The third-order valence-electron chi connectivity index (χ3n) is 4.73. The highest BCUT2D eigenvalue weighted by atomic mass is 32.2. The Hall–Kier alpha value is -2.80. The summed E-state index contributed by atoms with van der Waals surface area (Å²) in [4.78, 5) is 30.8. The Morgan fingerprint density at radius 2 is 1.83 bits per heavy atom. The molecule has 0 radical (unpaired) electrons. The second kappa shape index (κ2) is 10.8. The van der Waals surface area contributed by atoms with Crippen molar-refractivity contribution in [3.05, 3.63) is 54.6 Å². The van der Waals surface area contributed by atoms with E-state index in [-0.39, 0.29) is 23.4 Å². The number of rotatable bonds is 9. The van der Waals surface area contributed by atoms with Gasteiger partial charge in [-0.25, -0.2) is 9.89 Å². The van der Waals surface area contributed by atoms with Gasteiger partial charge in [-0.15, -0.1) is 0 Å². The van der Waals surface area contributed by atoms with E-state index in [1.165, 1.54) is 17.7 Å². The lowest BCUT2D eigenvalue weighted by atomic mass is 10.2. The zero-order valence-electron chi connectivity index (χ0n) is 17.1. The smallest absolute Gasteiger partial charge is 0.247 e. The second-order valence-electron chi connectivity index (χ2n) is 7.07. The molecule has 0 aromatic heterocycles. The number of unbranched alkanes of at least 4 members (excludes halogenated alkanes) is 3. The minimum absolute atomic E-state index is 0.101. The standard InChI is InChI=1S/C23H27N3O3S/c1-2-3-4-8-15-29-19-13-11-18(12-14-19)26-21(27)16-20(22(26)28)30-23(24)25-17-9-6-5-7-10-17/h5-7,9-14,20H,2-4,8,15-16H2,1H3,(H2,24,25). The molecule has 0 aliphatic carbocycles. The lowest BCUT2D eigenvalue weighted by Gasteiger charge is -2.15. The molecule has 1 fully saturated rings. The van der Waals surface area contributed by atoms with Gasteiger partial charge >= 0.3 is 0 Å². The number of ether oxygens (including phenoxy) is 1. The third-order valence-corrected chi connectivity index (χ3v) is 5.71. The minimum Gasteiger partial charge on any atom is -0.494 e. The number of aliphatic imine (C=N–C) groups is 1. The quantitative estimate of drug-likeness (QED) is 0.273. The predicted molar refractivity (Wildman–Crippen MR) is 122 cm³/mol. The van der Waals surface area contributed by atoms with Gasteiger partial charge < -0.3 is 10.5 Å². The molecule has 30 heavy (non-hydrogen) atoms. The largest absolute Gasteiger partial charge is 0.494 e. The van der Waals surface area contributed by atoms with Crippen LogP contribution in [0.25, 0.3) is 0 Å². The van der Waals surface area contributed by atoms with E-state index in [2.05, 4.69) is 11.9 Å². The van der Waals surface area contributed by atoms with Crippen molar-refractivity contribution in [3.8, 4) is 5.75 Å². The van der Waals surface area contributed by atoms with E-state index < -0.39 is 5.25 Å². The third kappa shape index (κ3) is 5.86. The first kappa shape index (κ1) is 21.9.